The third-order valence-corrected chi connectivity index (χ3v) is 1.98. The summed E-state index contributed by atoms with van der Waals surface area (Å²) in [6.45, 7) is 0. The van der Waals surface area contributed by atoms with Crippen molar-refractivity contribution in [1.82, 2.24) is 0 Å². The van der Waals surface area contributed by atoms with Gasteiger partial charge < -0.3 is 5.73 Å². The molecule has 0 heterocycles. The molecule has 1 atom stereocenters. The van der Waals surface area contributed by atoms with E-state index in [0.717, 1.165) is 12.1 Å². The van der Waals surface area contributed by atoms with Crippen LogP contribution in [0.3, 0.4) is 0 Å². The van der Waals surface area contributed by atoms with E-state index in [0.29, 0.717) is 0 Å². The molecule has 0 fully saturated rings. The zero-order chi connectivity index (χ0) is 12.3. The van der Waals surface area contributed by atoms with Crippen LogP contribution in [0.15, 0.2) is 24.3 Å². The van der Waals surface area contributed by atoms with E-state index in [4.69, 9.17) is 5.73 Å². The van der Waals surface area contributed by atoms with E-state index in [-0.39, 0.29) is 23.7 Å². The van der Waals surface area contributed by atoms with Gasteiger partial charge in [0.25, 0.3) is 5.69 Å². The summed E-state index contributed by atoms with van der Waals surface area (Å²) in [5, 5.41) is 10.3. The van der Waals surface area contributed by atoms with Gasteiger partial charge in [0, 0.05) is 18.2 Å². The Morgan fingerprint density at radius 3 is 2.12 bits per heavy atom. The average molecular weight is 271 g/mol. The highest BCUT2D eigenvalue weighted by molar-refractivity contribution is 5.85. The van der Waals surface area contributed by atoms with Gasteiger partial charge in [-0.3, -0.25) is 10.1 Å². The predicted molar refractivity (Wildman–Crippen MR) is 57.9 cm³/mol. The Morgan fingerprint density at radius 1 is 1.29 bits per heavy atom. The molecule has 2 N–H and O–H groups in total. The summed E-state index contributed by atoms with van der Waals surface area (Å²) in [6.07, 6.45) is -5.49. The van der Waals surface area contributed by atoms with Crippen LogP contribution < -0.4 is 5.73 Å². The maximum Gasteiger partial charge on any atom is 0.390 e. The maximum absolute atomic E-state index is 12.0. The van der Waals surface area contributed by atoms with E-state index < -0.39 is 23.6 Å². The molecule has 0 aliphatic rings. The SMILES string of the molecule is Cl.N[C@H](CC(F)(F)F)c1ccc([N+](=O)[O-])cc1. The van der Waals surface area contributed by atoms with Gasteiger partial charge in [-0.15, -0.1) is 12.4 Å². The maximum atomic E-state index is 12.0. The third kappa shape index (κ3) is 5.01. The Balaban J connectivity index is 0.00000256. The molecule has 0 saturated heterocycles. The summed E-state index contributed by atoms with van der Waals surface area (Å²) in [5.41, 5.74) is 5.36. The zero-order valence-corrected chi connectivity index (χ0v) is 9.29. The summed E-state index contributed by atoms with van der Waals surface area (Å²) >= 11 is 0. The minimum absolute atomic E-state index is 0. The Hall–Kier alpha value is -1.34. The number of rotatable bonds is 3. The van der Waals surface area contributed by atoms with Crippen molar-refractivity contribution in [2.75, 3.05) is 0 Å². The number of alkyl halides is 3. The summed E-state index contributed by atoms with van der Waals surface area (Å²) in [4.78, 5) is 9.68. The van der Waals surface area contributed by atoms with Crippen molar-refractivity contribution in [3.05, 3.63) is 39.9 Å². The summed E-state index contributed by atoms with van der Waals surface area (Å²) in [5.74, 6) is 0. The van der Waals surface area contributed by atoms with Crippen LogP contribution in [0, 0.1) is 10.1 Å². The number of halogens is 4. The first-order valence-electron chi connectivity index (χ1n) is 4.36. The van der Waals surface area contributed by atoms with Gasteiger partial charge in [0.2, 0.25) is 0 Å². The molecule has 0 bridgehead atoms. The van der Waals surface area contributed by atoms with Crippen LogP contribution in [0.5, 0.6) is 0 Å². The van der Waals surface area contributed by atoms with Gasteiger partial charge in [0.1, 0.15) is 0 Å². The van der Waals surface area contributed by atoms with Crippen LogP contribution in [-0.2, 0) is 0 Å². The Morgan fingerprint density at radius 2 is 1.76 bits per heavy atom. The van der Waals surface area contributed by atoms with Crippen LogP contribution >= 0.6 is 12.4 Å². The van der Waals surface area contributed by atoms with Crippen LogP contribution in [0.1, 0.15) is 18.0 Å². The molecular weight excluding hydrogens is 261 g/mol. The van der Waals surface area contributed by atoms with E-state index in [1.807, 2.05) is 0 Å². The lowest BCUT2D eigenvalue weighted by Crippen LogP contribution is -2.20. The molecule has 0 spiro atoms. The molecule has 0 amide bonds. The fraction of sp³-hybridized carbons (Fsp3) is 0.333. The van der Waals surface area contributed by atoms with Crippen molar-refractivity contribution in [2.24, 2.45) is 5.73 Å². The smallest absolute Gasteiger partial charge is 0.324 e. The minimum atomic E-state index is -4.35. The molecule has 1 aromatic rings. The monoisotopic (exact) mass is 270 g/mol. The van der Waals surface area contributed by atoms with Crippen LogP contribution in [0.4, 0.5) is 18.9 Å². The minimum Gasteiger partial charge on any atom is -0.324 e. The number of hydrogen-bond acceptors (Lipinski definition) is 3. The lowest BCUT2D eigenvalue weighted by Gasteiger charge is -2.13. The normalized spacial score (nSPS) is 12.7. The number of nitrogens with zero attached hydrogens (tertiary/aromatic N) is 1. The molecule has 1 aromatic carbocycles. The van der Waals surface area contributed by atoms with Crippen molar-refractivity contribution < 1.29 is 18.1 Å². The first kappa shape index (κ1) is 15.7. The number of hydrogen-bond donors (Lipinski definition) is 1. The molecule has 17 heavy (non-hydrogen) atoms. The molecule has 4 nitrogen and oxygen atoms in total. The standard InChI is InChI=1S/C9H9F3N2O2.ClH/c10-9(11,12)5-8(13)6-1-3-7(4-2-6)14(15)16;/h1-4,8H,5,13H2;1H/t8-;/m1./s1. The van der Waals surface area contributed by atoms with Crippen LogP contribution in [0.2, 0.25) is 0 Å². The number of benzene rings is 1. The van der Waals surface area contributed by atoms with Gasteiger partial charge in [0.05, 0.1) is 11.3 Å². The van der Waals surface area contributed by atoms with E-state index >= 15 is 0 Å². The molecule has 0 radical (unpaired) electrons. The van der Waals surface area contributed by atoms with Crippen molar-refractivity contribution in [2.45, 2.75) is 18.6 Å². The van der Waals surface area contributed by atoms with Crippen molar-refractivity contribution in [3.8, 4) is 0 Å². The van der Waals surface area contributed by atoms with E-state index in [1.165, 1.54) is 12.1 Å². The van der Waals surface area contributed by atoms with Crippen molar-refractivity contribution in [1.29, 1.82) is 0 Å². The second kappa shape index (κ2) is 5.83. The first-order chi connectivity index (χ1) is 7.29. The molecule has 0 aliphatic heterocycles. The fourth-order valence-corrected chi connectivity index (χ4v) is 1.21. The van der Waals surface area contributed by atoms with Crippen molar-refractivity contribution >= 4 is 18.1 Å². The van der Waals surface area contributed by atoms with Gasteiger partial charge in [-0.05, 0) is 5.56 Å². The number of nitro groups is 1. The topological polar surface area (TPSA) is 69.2 Å². The Kier molecular flexibility index (Phi) is 5.37. The number of nitro benzene ring substituents is 1. The molecule has 8 heteroatoms. The van der Waals surface area contributed by atoms with Gasteiger partial charge in [-0.25, -0.2) is 0 Å². The molecule has 0 unspecified atom stereocenters. The van der Waals surface area contributed by atoms with E-state index in [1.54, 1.807) is 0 Å². The lowest BCUT2D eigenvalue weighted by molar-refractivity contribution is -0.384. The van der Waals surface area contributed by atoms with Gasteiger partial charge in [0.15, 0.2) is 0 Å². The first-order valence-corrected chi connectivity index (χ1v) is 4.36. The summed E-state index contributed by atoms with van der Waals surface area (Å²) in [6, 6.07) is 3.53. The molecule has 1 rings (SSSR count). The highest BCUT2D eigenvalue weighted by Gasteiger charge is 2.30. The third-order valence-electron chi connectivity index (χ3n) is 1.98. The fourth-order valence-electron chi connectivity index (χ4n) is 1.21. The van der Waals surface area contributed by atoms with Crippen molar-refractivity contribution in [3.63, 3.8) is 0 Å². The molecular formula is C9H10ClF3N2O2. The highest BCUT2D eigenvalue weighted by Crippen LogP contribution is 2.28. The predicted octanol–water partition coefficient (Wildman–Crippen LogP) is 2.97. The average Bonchev–Trinajstić information content (AvgIpc) is 2.15. The van der Waals surface area contributed by atoms with E-state index in [9.17, 15) is 23.3 Å². The summed E-state index contributed by atoms with van der Waals surface area (Å²) < 4.78 is 36.0. The Bertz CT molecular complexity index is 381. The summed E-state index contributed by atoms with van der Waals surface area (Å²) in [7, 11) is 0. The molecule has 0 saturated carbocycles. The molecule has 96 valence electrons. The lowest BCUT2D eigenvalue weighted by atomic mass is 10.0. The number of nitrogens with two attached hydrogens (primary N) is 1. The Labute approximate surface area is 101 Å². The van der Waals surface area contributed by atoms with Crippen LogP contribution in [-0.4, -0.2) is 11.1 Å². The van der Waals surface area contributed by atoms with Gasteiger partial charge >= 0.3 is 6.18 Å². The largest absolute Gasteiger partial charge is 0.390 e. The quantitative estimate of drug-likeness (QED) is 0.678. The highest BCUT2D eigenvalue weighted by atomic mass is 35.5. The van der Waals surface area contributed by atoms with Crippen LogP contribution in [0.25, 0.3) is 0 Å². The van der Waals surface area contributed by atoms with Gasteiger partial charge in [-0.1, -0.05) is 12.1 Å². The number of non-ortho nitro benzene ring substituents is 1. The zero-order valence-electron chi connectivity index (χ0n) is 8.48. The second-order valence-electron chi connectivity index (χ2n) is 3.27. The molecule has 0 aliphatic carbocycles. The second-order valence-corrected chi connectivity index (χ2v) is 3.27. The van der Waals surface area contributed by atoms with E-state index in [2.05, 4.69) is 0 Å². The molecule has 0 aromatic heterocycles. The van der Waals surface area contributed by atoms with Gasteiger partial charge in [-0.2, -0.15) is 13.2 Å².